The first-order valence-corrected chi connectivity index (χ1v) is 10.7. The Kier molecular flexibility index (Phi) is 4.92. The van der Waals surface area contributed by atoms with Crippen LogP contribution in [0.2, 0.25) is 0 Å². The number of aromatic nitrogens is 4. The van der Waals surface area contributed by atoms with E-state index < -0.39 is 0 Å². The van der Waals surface area contributed by atoms with Gasteiger partial charge in [0.25, 0.3) is 0 Å². The van der Waals surface area contributed by atoms with Gasteiger partial charge in [0.05, 0.1) is 17.1 Å². The van der Waals surface area contributed by atoms with Crippen LogP contribution in [-0.2, 0) is 19.9 Å². The number of piperidine rings is 1. The molecule has 1 fully saturated rings. The highest BCUT2D eigenvalue weighted by atomic mass is 32.2. The second-order valence-electron chi connectivity index (χ2n) is 7.58. The predicted molar refractivity (Wildman–Crippen MR) is 107 cm³/mol. The summed E-state index contributed by atoms with van der Waals surface area (Å²) in [5.74, 6) is 1.18. The van der Waals surface area contributed by atoms with Crippen LogP contribution >= 0.6 is 11.9 Å². The Morgan fingerprint density at radius 2 is 2.00 bits per heavy atom. The topological polar surface area (TPSA) is 58.9 Å². The zero-order chi connectivity index (χ0) is 18.3. The molecule has 4 rings (SSSR count). The number of nitrogens with zero attached hydrogens (tertiary/aromatic N) is 5. The summed E-state index contributed by atoms with van der Waals surface area (Å²) in [5, 5.41) is 8.34. The smallest absolute Gasteiger partial charge is 0.223 e. The van der Waals surface area contributed by atoms with Gasteiger partial charge in [-0.2, -0.15) is 5.10 Å². The molecule has 1 aliphatic carbocycles. The molecule has 0 aromatic carbocycles. The van der Waals surface area contributed by atoms with Crippen molar-refractivity contribution < 1.29 is 0 Å². The van der Waals surface area contributed by atoms with E-state index in [1.54, 1.807) is 0 Å². The molecule has 3 heterocycles. The summed E-state index contributed by atoms with van der Waals surface area (Å²) in [5.41, 5.74) is 6.03. The zero-order valence-corrected chi connectivity index (χ0v) is 16.9. The van der Waals surface area contributed by atoms with E-state index in [-0.39, 0.29) is 0 Å². The van der Waals surface area contributed by atoms with E-state index in [1.807, 2.05) is 29.9 Å². The number of fused-ring (bicyclic) bond motifs is 3. The van der Waals surface area contributed by atoms with Gasteiger partial charge in [-0.15, -0.1) is 0 Å². The first-order chi connectivity index (χ1) is 12.6. The molecule has 0 saturated carbocycles. The number of hydrogen-bond donors (Lipinski definition) is 1. The molecule has 0 amide bonds. The highest BCUT2D eigenvalue weighted by Crippen LogP contribution is 2.37. The van der Waals surface area contributed by atoms with Crippen LogP contribution in [-0.4, -0.2) is 49.4 Å². The summed E-state index contributed by atoms with van der Waals surface area (Å²) < 4.78 is 4.46. The summed E-state index contributed by atoms with van der Waals surface area (Å²) in [7, 11) is 2.05. The van der Waals surface area contributed by atoms with E-state index in [0.717, 1.165) is 50.4 Å². The number of hydrogen-bond acceptors (Lipinski definition) is 6. The Morgan fingerprint density at radius 3 is 2.69 bits per heavy atom. The Balaban J connectivity index is 1.62. The van der Waals surface area contributed by atoms with Crippen molar-refractivity contribution in [3.63, 3.8) is 0 Å². The Hall–Kier alpha value is -1.60. The van der Waals surface area contributed by atoms with Gasteiger partial charge in [-0.1, -0.05) is 25.8 Å². The van der Waals surface area contributed by atoms with Crippen LogP contribution in [0.4, 0.5) is 5.95 Å². The molecule has 2 aliphatic rings. The second-order valence-corrected chi connectivity index (χ2v) is 8.46. The molecule has 1 N–H and O–H groups in total. The van der Waals surface area contributed by atoms with E-state index in [1.165, 1.54) is 22.5 Å². The molecule has 6 nitrogen and oxygen atoms in total. The van der Waals surface area contributed by atoms with Crippen molar-refractivity contribution in [2.24, 2.45) is 7.05 Å². The van der Waals surface area contributed by atoms with Gasteiger partial charge < -0.3 is 5.32 Å². The molecule has 26 heavy (non-hydrogen) atoms. The maximum atomic E-state index is 4.95. The SMILES string of the molecule is CSN1CCC(Nc2ncc3c(n2)-c2c(nn(C)c2C(C)C)CC3)CC1. The van der Waals surface area contributed by atoms with Gasteiger partial charge in [-0.3, -0.25) is 8.99 Å². The fourth-order valence-corrected chi connectivity index (χ4v) is 4.76. The van der Waals surface area contributed by atoms with Crippen LogP contribution in [0.15, 0.2) is 6.20 Å². The van der Waals surface area contributed by atoms with Gasteiger partial charge in [0, 0.05) is 37.9 Å². The highest BCUT2D eigenvalue weighted by Gasteiger charge is 2.28. The average Bonchev–Trinajstić information content (AvgIpc) is 2.99. The van der Waals surface area contributed by atoms with Crippen LogP contribution in [0, 0.1) is 0 Å². The van der Waals surface area contributed by atoms with Crippen molar-refractivity contribution in [3.05, 3.63) is 23.1 Å². The van der Waals surface area contributed by atoms with E-state index >= 15 is 0 Å². The van der Waals surface area contributed by atoms with Crippen molar-refractivity contribution in [1.82, 2.24) is 24.1 Å². The lowest BCUT2D eigenvalue weighted by Gasteiger charge is -2.30. The molecule has 2 aromatic heterocycles. The Labute approximate surface area is 159 Å². The molecule has 2 aromatic rings. The lowest BCUT2D eigenvalue weighted by atomic mass is 9.90. The summed E-state index contributed by atoms with van der Waals surface area (Å²) in [4.78, 5) is 9.56. The van der Waals surface area contributed by atoms with Crippen molar-refractivity contribution >= 4 is 17.9 Å². The molecular weight excluding hydrogens is 344 g/mol. The van der Waals surface area contributed by atoms with Crippen LogP contribution in [0.25, 0.3) is 11.3 Å². The summed E-state index contributed by atoms with van der Waals surface area (Å²) in [6, 6.07) is 0.456. The largest absolute Gasteiger partial charge is 0.351 e. The van der Waals surface area contributed by atoms with Crippen LogP contribution in [0.3, 0.4) is 0 Å². The molecule has 1 aliphatic heterocycles. The minimum absolute atomic E-state index is 0.421. The van der Waals surface area contributed by atoms with Gasteiger partial charge in [-0.25, -0.2) is 9.97 Å². The number of nitrogens with one attached hydrogen (secondary N) is 1. The maximum absolute atomic E-state index is 4.95. The van der Waals surface area contributed by atoms with Crippen LogP contribution in [0.1, 0.15) is 49.6 Å². The zero-order valence-electron chi connectivity index (χ0n) is 16.1. The van der Waals surface area contributed by atoms with E-state index in [2.05, 4.69) is 34.7 Å². The fraction of sp³-hybridized carbons (Fsp3) is 0.632. The average molecular weight is 373 g/mol. The molecule has 7 heteroatoms. The first-order valence-electron chi connectivity index (χ1n) is 9.54. The molecule has 0 radical (unpaired) electrons. The third kappa shape index (κ3) is 3.22. The third-order valence-corrected chi connectivity index (χ3v) is 6.37. The predicted octanol–water partition coefficient (Wildman–Crippen LogP) is 3.25. The summed E-state index contributed by atoms with van der Waals surface area (Å²) >= 11 is 1.84. The molecule has 140 valence electrons. The molecule has 0 bridgehead atoms. The molecule has 0 atom stereocenters. The molecule has 0 unspecified atom stereocenters. The van der Waals surface area contributed by atoms with Crippen molar-refractivity contribution in [2.45, 2.75) is 51.5 Å². The van der Waals surface area contributed by atoms with Gasteiger partial charge in [0.2, 0.25) is 5.95 Å². The normalized spacial score (nSPS) is 18.0. The minimum atomic E-state index is 0.421. The first kappa shape index (κ1) is 17.8. The quantitative estimate of drug-likeness (QED) is 0.832. The second kappa shape index (κ2) is 7.19. The van der Waals surface area contributed by atoms with E-state index in [4.69, 9.17) is 10.1 Å². The lowest BCUT2D eigenvalue weighted by Crippen LogP contribution is -2.35. The Bertz CT molecular complexity index is 792. The number of rotatable bonds is 4. The lowest BCUT2D eigenvalue weighted by molar-refractivity contribution is 0.358. The third-order valence-electron chi connectivity index (χ3n) is 5.49. The highest BCUT2D eigenvalue weighted by molar-refractivity contribution is 7.96. The van der Waals surface area contributed by atoms with Gasteiger partial charge in [0.1, 0.15) is 0 Å². The molecule has 1 saturated heterocycles. The minimum Gasteiger partial charge on any atom is -0.351 e. The molecular formula is C19H28N6S. The van der Waals surface area contributed by atoms with Gasteiger partial charge >= 0.3 is 0 Å². The monoisotopic (exact) mass is 372 g/mol. The van der Waals surface area contributed by atoms with Crippen LogP contribution in [0.5, 0.6) is 0 Å². The Morgan fingerprint density at radius 1 is 1.23 bits per heavy atom. The number of aryl methyl sites for hydroxylation is 3. The van der Waals surface area contributed by atoms with E-state index in [0.29, 0.717) is 12.0 Å². The van der Waals surface area contributed by atoms with Crippen molar-refractivity contribution in [1.29, 1.82) is 0 Å². The van der Waals surface area contributed by atoms with Crippen molar-refractivity contribution in [3.8, 4) is 11.3 Å². The van der Waals surface area contributed by atoms with Gasteiger partial charge in [0.15, 0.2) is 0 Å². The van der Waals surface area contributed by atoms with E-state index in [9.17, 15) is 0 Å². The van der Waals surface area contributed by atoms with Crippen LogP contribution < -0.4 is 5.32 Å². The standard InChI is InChI=1S/C19H28N6S/c1-12(2)18-16-15(23-24(18)3)6-5-13-11-20-19(22-17(13)16)21-14-7-9-25(26-4)10-8-14/h11-12,14H,5-10H2,1-4H3,(H,20,21,22). The number of anilines is 1. The van der Waals surface area contributed by atoms with Gasteiger partial charge in [-0.05, 0) is 43.4 Å². The maximum Gasteiger partial charge on any atom is 0.223 e. The summed E-state index contributed by atoms with van der Waals surface area (Å²) in [6.07, 6.45) is 8.39. The fourth-order valence-electron chi connectivity index (χ4n) is 4.18. The molecule has 0 spiro atoms. The van der Waals surface area contributed by atoms with Crippen molar-refractivity contribution in [2.75, 3.05) is 24.7 Å². The summed E-state index contributed by atoms with van der Waals surface area (Å²) in [6.45, 7) is 6.69.